The second-order valence-electron chi connectivity index (χ2n) is 6.53. The van der Waals surface area contributed by atoms with Gasteiger partial charge in [-0.05, 0) is 43.6 Å². The van der Waals surface area contributed by atoms with E-state index in [1.165, 1.54) is 4.90 Å². The second-order valence-corrected chi connectivity index (χ2v) is 8.20. The first-order valence-corrected chi connectivity index (χ1v) is 11.9. The Morgan fingerprint density at radius 2 is 2.00 bits per heavy atom. The number of aliphatic hydroxyl groups is 1. The lowest BCUT2D eigenvalue weighted by Crippen LogP contribution is -2.29. The normalized spacial score (nSPS) is 20.0. The van der Waals surface area contributed by atoms with Crippen LogP contribution in [0.3, 0.4) is 0 Å². The molecule has 0 aliphatic carbocycles. The maximum atomic E-state index is 12.9. The number of unbranched alkanes of at least 4 members (excludes halogenated alkanes) is 1. The molecule has 0 aromatic heterocycles. The standard InChI is InChI=1S/C20H22F3NO3S2.C2H6.CH4O/c1-3-6-14(11-13(2)20(21,22)23)16-8-7-15(27-16)12-17-18(26)24(19(28)29-17)9-4-5-10-25;2*1-2/h6-7,10-12,16H,3-5,8-9H2,1-2H3;1-2H3;2H,1H3/b13-11+,14-6+,17-12+;;. The minimum absolute atomic E-state index is 0.254. The number of hydrogen-bond donors (Lipinski definition) is 1. The summed E-state index contributed by atoms with van der Waals surface area (Å²) in [4.78, 5) is 24.8. The van der Waals surface area contributed by atoms with E-state index in [0.29, 0.717) is 52.8 Å². The predicted octanol–water partition coefficient (Wildman–Crippen LogP) is 5.86. The van der Waals surface area contributed by atoms with Gasteiger partial charge in [-0.25, -0.2) is 0 Å². The molecular weight excluding hydrogens is 475 g/mol. The molecule has 2 rings (SSSR count). The number of nitrogens with zero attached hydrogens (tertiary/aromatic N) is 1. The average molecular weight is 508 g/mol. The van der Waals surface area contributed by atoms with Crippen LogP contribution in [0.4, 0.5) is 13.2 Å². The van der Waals surface area contributed by atoms with E-state index in [9.17, 15) is 22.8 Å². The van der Waals surface area contributed by atoms with E-state index < -0.39 is 17.9 Å². The van der Waals surface area contributed by atoms with Gasteiger partial charge < -0.3 is 14.6 Å². The van der Waals surface area contributed by atoms with Gasteiger partial charge in [-0.3, -0.25) is 9.69 Å². The zero-order valence-electron chi connectivity index (χ0n) is 19.6. The summed E-state index contributed by atoms with van der Waals surface area (Å²) in [6, 6.07) is 0. The lowest BCUT2D eigenvalue weighted by Gasteiger charge is -2.16. The highest BCUT2D eigenvalue weighted by Crippen LogP contribution is 2.35. The number of aliphatic hydroxyl groups excluding tert-OH is 1. The van der Waals surface area contributed by atoms with Crippen molar-refractivity contribution in [2.75, 3.05) is 13.7 Å². The Labute approximate surface area is 203 Å². The first-order chi connectivity index (χ1) is 15.7. The van der Waals surface area contributed by atoms with Crippen LogP contribution in [0.1, 0.15) is 53.4 Å². The number of aldehydes is 1. The molecule has 1 N–H and O–H groups in total. The summed E-state index contributed by atoms with van der Waals surface area (Å²) in [5.41, 5.74) is -0.228. The molecule has 0 aromatic rings. The van der Waals surface area contributed by atoms with Gasteiger partial charge in [0.2, 0.25) is 0 Å². The third kappa shape index (κ3) is 9.85. The quantitative estimate of drug-likeness (QED) is 0.146. The molecule has 2 heterocycles. The van der Waals surface area contributed by atoms with Gasteiger partial charge >= 0.3 is 6.18 Å². The Hall–Kier alpha value is -1.91. The third-order valence-corrected chi connectivity index (χ3v) is 5.68. The van der Waals surface area contributed by atoms with Crippen LogP contribution in [0.25, 0.3) is 0 Å². The van der Waals surface area contributed by atoms with Gasteiger partial charge in [0.15, 0.2) is 0 Å². The van der Waals surface area contributed by atoms with Gasteiger partial charge in [-0.15, -0.1) is 0 Å². The van der Waals surface area contributed by atoms with Crippen molar-refractivity contribution in [2.45, 2.75) is 65.7 Å². The van der Waals surface area contributed by atoms with Gasteiger partial charge in [0.05, 0.1) is 4.91 Å². The minimum atomic E-state index is -4.39. The number of halogens is 3. The molecule has 1 amide bonds. The van der Waals surface area contributed by atoms with Crippen molar-refractivity contribution >= 4 is 40.5 Å². The van der Waals surface area contributed by atoms with Gasteiger partial charge in [0, 0.05) is 32.1 Å². The van der Waals surface area contributed by atoms with E-state index >= 15 is 0 Å². The van der Waals surface area contributed by atoms with E-state index in [0.717, 1.165) is 38.2 Å². The molecule has 2 aliphatic rings. The summed E-state index contributed by atoms with van der Waals surface area (Å²) in [5.74, 6) is 0.180. The fourth-order valence-corrected chi connectivity index (χ4v) is 4.07. The van der Waals surface area contributed by atoms with Gasteiger partial charge in [0.1, 0.15) is 22.5 Å². The van der Waals surface area contributed by atoms with Gasteiger partial charge in [0.25, 0.3) is 5.91 Å². The molecular formula is C23H32F3NO4S2. The average Bonchev–Trinajstić information content (AvgIpc) is 3.35. The van der Waals surface area contributed by atoms with Gasteiger partial charge in [-0.1, -0.05) is 50.8 Å². The van der Waals surface area contributed by atoms with Crippen LogP contribution in [0.15, 0.2) is 46.1 Å². The van der Waals surface area contributed by atoms with Crippen molar-refractivity contribution in [3.8, 4) is 0 Å². The predicted molar refractivity (Wildman–Crippen MR) is 131 cm³/mol. The molecule has 1 unspecified atom stereocenters. The van der Waals surface area contributed by atoms with Gasteiger partial charge in [-0.2, -0.15) is 13.2 Å². The highest BCUT2D eigenvalue weighted by atomic mass is 32.2. The van der Waals surface area contributed by atoms with E-state index in [1.54, 1.807) is 18.2 Å². The molecule has 2 aliphatic heterocycles. The first-order valence-electron chi connectivity index (χ1n) is 10.6. The number of hydrogen-bond acceptors (Lipinski definition) is 6. The van der Waals surface area contributed by atoms with Crippen LogP contribution < -0.4 is 0 Å². The van der Waals surface area contributed by atoms with Crippen LogP contribution in [-0.4, -0.2) is 52.5 Å². The Bertz CT molecular complexity index is 802. The zero-order valence-corrected chi connectivity index (χ0v) is 21.2. The molecule has 0 radical (unpaired) electrons. The van der Waals surface area contributed by atoms with Crippen LogP contribution >= 0.6 is 24.0 Å². The van der Waals surface area contributed by atoms with Crippen LogP contribution in [0, 0.1) is 0 Å². The van der Waals surface area contributed by atoms with Crippen molar-refractivity contribution < 1.29 is 32.6 Å². The smallest absolute Gasteiger partial charge is 0.412 e. The number of allylic oxidation sites excluding steroid dienone is 3. The van der Waals surface area contributed by atoms with Crippen molar-refractivity contribution in [2.24, 2.45) is 0 Å². The lowest BCUT2D eigenvalue weighted by atomic mass is 10.0. The van der Waals surface area contributed by atoms with Crippen LogP contribution in [0.5, 0.6) is 0 Å². The fraction of sp³-hybridized carbons (Fsp3) is 0.522. The summed E-state index contributed by atoms with van der Waals surface area (Å²) in [5, 5.41) is 7.00. The number of carbonyl (C=O) groups is 2. The number of carbonyl (C=O) groups excluding carboxylic acids is 2. The highest BCUT2D eigenvalue weighted by Gasteiger charge is 2.33. The number of thiocarbonyl (C=S) groups is 1. The molecule has 0 saturated carbocycles. The zero-order chi connectivity index (χ0) is 25.6. The lowest BCUT2D eigenvalue weighted by molar-refractivity contribution is -0.122. The molecule has 0 spiro atoms. The van der Waals surface area contributed by atoms with Crippen molar-refractivity contribution in [1.29, 1.82) is 0 Å². The number of thioether (sulfide) groups is 1. The number of amides is 1. The maximum absolute atomic E-state index is 12.9. The topological polar surface area (TPSA) is 66.8 Å². The Morgan fingerprint density at radius 1 is 1.36 bits per heavy atom. The summed E-state index contributed by atoms with van der Waals surface area (Å²) in [6.07, 6.45) is 3.89. The first kappa shape index (κ1) is 31.1. The molecule has 0 aromatic carbocycles. The number of ether oxygens (including phenoxy) is 1. The van der Waals surface area contributed by atoms with E-state index in [2.05, 4.69) is 0 Å². The second kappa shape index (κ2) is 15.8. The Morgan fingerprint density at radius 3 is 2.55 bits per heavy atom. The monoisotopic (exact) mass is 507 g/mol. The summed E-state index contributed by atoms with van der Waals surface area (Å²) in [7, 11) is 1.00. The number of alkyl halides is 3. The minimum Gasteiger partial charge on any atom is -0.486 e. The largest absolute Gasteiger partial charge is 0.486 e. The van der Waals surface area contributed by atoms with E-state index in [-0.39, 0.29) is 5.91 Å². The van der Waals surface area contributed by atoms with Crippen molar-refractivity contribution in [1.82, 2.24) is 4.90 Å². The molecule has 10 heteroatoms. The molecule has 0 bridgehead atoms. The van der Waals surface area contributed by atoms with Crippen molar-refractivity contribution in [3.63, 3.8) is 0 Å². The van der Waals surface area contributed by atoms with E-state index in [1.807, 2.05) is 20.8 Å². The molecule has 1 fully saturated rings. The molecule has 1 atom stereocenters. The van der Waals surface area contributed by atoms with E-state index in [4.69, 9.17) is 22.1 Å². The summed E-state index contributed by atoms with van der Waals surface area (Å²) >= 11 is 6.37. The number of rotatable bonds is 8. The van der Waals surface area contributed by atoms with Crippen LogP contribution in [0.2, 0.25) is 0 Å². The molecule has 1 saturated heterocycles. The third-order valence-electron chi connectivity index (χ3n) is 4.30. The summed E-state index contributed by atoms with van der Waals surface area (Å²) < 4.78 is 44.8. The molecule has 33 heavy (non-hydrogen) atoms. The maximum Gasteiger partial charge on any atom is 0.412 e. The summed E-state index contributed by atoms with van der Waals surface area (Å²) in [6.45, 7) is 7.24. The van der Waals surface area contributed by atoms with Crippen molar-refractivity contribution in [3.05, 3.63) is 46.1 Å². The SMILES string of the molecule is CC.CC/C=C(\C=C(/C)C(F)(F)F)C1CC=C(/C=C2/SC(=S)N(CCCC=O)C2=O)O1.CO. The molecule has 186 valence electrons. The Balaban J connectivity index is 0.00000242. The fourth-order valence-electron chi connectivity index (χ4n) is 2.79. The molecule has 5 nitrogen and oxygen atoms in total. The Kier molecular flexibility index (Phi) is 14.9. The van der Waals surface area contributed by atoms with Crippen LogP contribution in [-0.2, 0) is 14.3 Å². The highest BCUT2D eigenvalue weighted by molar-refractivity contribution is 8.26.